The highest BCUT2D eigenvalue weighted by Crippen LogP contribution is 2.25. The summed E-state index contributed by atoms with van der Waals surface area (Å²) in [6, 6.07) is 30.3. The Morgan fingerprint density at radius 2 is 1.69 bits per heavy atom. The zero-order valence-electron chi connectivity index (χ0n) is 20.5. The third kappa shape index (κ3) is 5.62. The SMILES string of the molecule is C/C(=N\NC(=O)C1CC(c2ccc(OCc3ccc(C)cc3)cc2)NN1)c1ccc2ccccc2c1. The molecule has 0 saturated carbocycles. The maximum Gasteiger partial charge on any atom is 0.258 e. The molecule has 3 N–H and O–H groups in total. The van der Waals surface area contributed by atoms with Gasteiger partial charge in [0, 0.05) is 6.04 Å². The Morgan fingerprint density at radius 3 is 2.47 bits per heavy atom. The number of nitrogens with zero attached hydrogens (tertiary/aromatic N) is 1. The van der Waals surface area contributed by atoms with Crippen molar-refractivity contribution in [3.63, 3.8) is 0 Å². The van der Waals surface area contributed by atoms with Gasteiger partial charge in [-0.15, -0.1) is 0 Å². The van der Waals surface area contributed by atoms with Crippen molar-refractivity contribution in [1.82, 2.24) is 16.3 Å². The summed E-state index contributed by atoms with van der Waals surface area (Å²) in [5.74, 6) is 0.654. The molecule has 182 valence electrons. The summed E-state index contributed by atoms with van der Waals surface area (Å²) in [6.45, 7) is 4.50. The van der Waals surface area contributed by atoms with Gasteiger partial charge in [-0.3, -0.25) is 4.79 Å². The largest absolute Gasteiger partial charge is 0.489 e. The fraction of sp³-hybridized carbons (Fsp3) is 0.200. The first kappa shape index (κ1) is 23.7. The van der Waals surface area contributed by atoms with Crippen molar-refractivity contribution < 1.29 is 9.53 Å². The summed E-state index contributed by atoms with van der Waals surface area (Å²) in [5, 5.41) is 6.66. The maximum atomic E-state index is 12.7. The number of hydrogen-bond donors (Lipinski definition) is 3. The highest BCUT2D eigenvalue weighted by molar-refractivity contribution is 6.02. The number of hydrazone groups is 1. The van der Waals surface area contributed by atoms with Gasteiger partial charge in [-0.25, -0.2) is 16.3 Å². The highest BCUT2D eigenvalue weighted by atomic mass is 16.5. The molecule has 36 heavy (non-hydrogen) atoms. The van der Waals surface area contributed by atoms with Crippen LogP contribution in [0.1, 0.15) is 41.6 Å². The van der Waals surface area contributed by atoms with E-state index in [1.54, 1.807) is 0 Å². The van der Waals surface area contributed by atoms with Crippen LogP contribution in [0.25, 0.3) is 10.8 Å². The van der Waals surface area contributed by atoms with Crippen molar-refractivity contribution >= 4 is 22.4 Å². The number of benzene rings is 4. The van der Waals surface area contributed by atoms with Crippen molar-refractivity contribution in [3.8, 4) is 5.75 Å². The monoisotopic (exact) mass is 478 g/mol. The summed E-state index contributed by atoms with van der Waals surface area (Å²) in [4.78, 5) is 12.7. The van der Waals surface area contributed by atoms with Gasteiger partial charge in [0.05, 0.1) is 5.71 Å². The van der Waals surface area contributed by atoms with Crippen molar-refractivity contribution in [2.75, 3.05) is 0 Å². The molecule has 2 atom stereocenters. The molecule has 6 nitrogen and oxygen atoms in total. The second kappa shape index (κ2) is 10.7. The molecule has 0 spiro atoms. The number of carbonyl (C=O) groups is 1. The van der Waals surface area contributed by atoms with Crippen LogP contribution in [-0.4, -0.2) is 17.7 Å². The Kier molecular flexibility index (Phi) is 7.07. The van der Waals surface area contributed by atoms with E-state index in [2.05, 4.69) is 76.8 Å². The minimum absolute atomic E-state index is 0.0254. The van der Waals surface area contributed by atoms with Gasteiger partial charge in [0.1, 0.15) is 18.4 Å². The summed E-state index contributed by atoms with van der Waals surface area (Å²) in [7, 11) is 0. The van der Waals surface area contributed by atoms with Crippen LogP contribution < -0.4 is 21.0 Å². The number of aryl methyl sites for hydroxylation is 1. The maximum absolute atomic E-state index is 12.7. The fourth-order valence-corrected chi connectivity index (χ4v) is 4.29. The highest BCUT2D eigenvalue weighted by Gasteiger charge is 2.30. The molecule has 6 heteroatoms. The molecule has 0 aliphatic carbocycles. The predicted octanol–water partition coefficient (Wildman–Crippen LogP) is 5.18. The zero-order valence-corrected chi connectivity index (χ0v) is 20.5. The van der Waals surface area contributed by atoms with E-state index in [0.29, 0.717) is 13.0 Å². The molecule has 1 heterocycles. The van der Waals surface area contributed by atoms with Gasteiger partial charge in [-0.1, -0.05) is 78.4 Å². The second-order valence-electron chi connectivity index (χ2n) is 9.21. The number of carbonyl (C=O) groups excluding carboxylic acids is 1. The Bertz CT molecular complexity index is 1380. The fourth-order valence-electron chi connectivity index (χ4n) is 4.29. The minimum atomic E-state index is -0.374. The number of hydrazine groups is 1. The summed E-state index contributed by atoms with van der Waals surface area (Å²) in [5.41, 5.74) is 14.2. The van der Waals surface area contributed by atoms with Gasteiger partial charge in [0.2, 0.25) is 0 Å². The lowest BCUT2D eigenvalue weighted by atomic mass is 10.0. The van der Waals surface area contributed by atoms with E-state index < -0.39 is 0 Å². The van der Waals surface area contributed by atoms with Crippen molar-refractivity contribution in [1.29, 1.82) is 0 Å². The quantitative estimate of drug-likeness (QED) is 0.253. The van der Waals surface area contributed by atoms with Gasteiger partial charge >= 0.3 is 0 Å². The molecule has 0 radical (unpaired) electrons. The van der Waals surface area contributed by atoms with Crippen LogP contribution >= 0.6 is 0 Å². The molecule has 1 fully saturated rings. The molecular formula is C30H30N4O2. The first-order valence-electron chi connectivity index (χ1n) is 12.2. The van der Waals surface area contributed by atoms with Gasteiger partial charge in [-0.2, -0.15) is 5.10 Å². The molecule has 1 aliphatic heterocycles. The van der Waals surface area contributed by atoms with Crippen LogP contribution in [0, 0.1) is 6.92 Å². The number of fused-ring (bicyclic) bond motifs is 1. The standard InChI is InChI=1S/C30H30N4O2/c1-20-7-9-22(10-8-20)19-36-27-15-13-24(14-16-27)28-18-29(33-32-28)30(35)34-31-21(2)25-12-11-23-5-3-4-6-26(23)17-25/h3-17,28-29,32-33H,18-19H2,1-2H3,(H,34,35)/b31-21+. The molecule has 1 saturated heterocycles. The molecule has 2 unspecified atom stereocenters. The number of rotatable bonds is 7. The average molecular weight is 479 g/mol. The number of ether oxygens (including phenoxy) is 1. The normalized spacial score (nSPS) is 17.8. The third-order valence-corrected chi connectivity index (χ3v) is 6.53. The Balaban J connectivity index is 1.14. The number of nitrogens with one attached hydrogen (secondary N) is 3. The molecule has 0 aromatic heterocycles. The van der Waals surface area contributed by atoms with E-state index in [0.717, 1.165) is 33.5 Å². The van der Waals surface area contributed by atoms with Crippen molar-refractivity contribution in [2.45, 2.75) is 39.0 Å². The Morgan fingerprint density at radius 1 is 0.944 bits per heavy atom. The molecule has 4 aromatic rings. The molecule has 5 rings (SSSR count). The molecule has 0 bridgehead atoms. The average Bonchev–Trinajstić information content (AvgIpc) is 3.42. The second-order valence-corrected chi connectivity index (χ2v) is 9.21. The van der Waals surface area contributed by atoms with Crippen LogP contribution in [-0.2, 0) is 11.4 Å². The summed E-state index contributed by atoms with van der Waals surface area (Å²) < 4.78 is 5.91. The van der Waals surface area contributed by atoms with Crippen LogP contribution in [0.4, 0.5) is 0 Å². The van der Waals surface area contributed by atoms with Gasteiger partial charge in [0.25, 0.3) is 5.91 Å². The van der Waals surface area contributed by atoms with Gasteiger partial charge < -0.3 is 4.74 Å². The van der Waals surface area contributed by atoms with Gasteiger partial charge in [0.15, 0.2) is 0 Å². The van der Waals surface area contributed by atoms with E-state index >= 15 is 0 Å². The molecule has 4 aromatic carbocycles. The van der Waals surface area contributed by atoms with Crippen molar-refractivity contribution in [2.24, 2.45) is 5.10 Å². The summed E-state index contributed by atoms with van der Waals surface area (Å²) >= 11 is 0. The molecule has 1 amide bonds. The topological polar surface area (TPSA) is 74.8 Å². The summed E-state index contributed by atoms with van der Waals surface area (Å²) in [6.07, 6.45) is 0.625. The van der Waals surface area contributed by atoms with E-state index in [-0.39, 0.29) is 18.0 Å². The van der Waals surface area contributed by atoms with E-state index in [1.165, 1.54) is 10.9 Å². The molecular weight excluding hydrogens is 448 g/mol. The third-order valence-electron chi connectivity index (χ3n) is 6.53. The first-order valence-corrected chi connectivity index (χ1v) is 12.2. The van der Waals surface area contributed by atoms with Gasteiger partial charge in [-0.05, 0) is 65.9 Å². The lowest BCUT2D eigenvalue weighted by Crippen LogP contribution is -2.41. The van der Waals surface area contributed by atoms with E-state index in [4.69, 9.17) is 4.74 Å². The van der Waals surface area contributed by atoms with Crippen LogP contribution in [0.15, 0.2) is 96.1 Å². The van der Waals surface area contributed by atoms with E-state index in [1.807, 2.05) is 49.4 Å². The number of hydrogen-bond acceptors (Lipinski definition) is 5. The lowest BCUT2D eigenvalue weighted by molar-refractivity contribution is -0.122. The molecule has 1 aliphatic rings. The Hall–Kier alpha value is -4.00. The van der Waals surface area contributed by atoms with E-state index in [9.17, 15) is 4.79 Å². The lowest BCUT2D eigenvalue weighted by Gasteiger charge is -2.11. The predicted molar refractivity (Wildman–Crippen MR) is 144 cm³/mol. The first-order chi connectivity index (χ1) is 17.5. The van der Waals surface area contributed by atoms with Crippen molar-refractivity contribution in [3.05, 3.63) is 113 Å². The number of amides is 1. The van der Waals surface area contributed by atoms with Crippen LogP contribution in [0.2, 0.25) is 0 Å². The zero-order chi connectivity index (χ0) is 24.9. The smallest absolute Gasteiger partial charge is 0.258 e. The Labute approximate surface area is 211 Å². The van der Waals surface area contributed by atoms with Crippen LogP contribution in [0.5, 0.6) is 5.75 Å². The minimum Gasteiger partial charge on any atom is -0.489 e. The van der Waals surface area contributed by atoms with Crippen LogP contribution in [0.3, 0.4) is 0 Å².